The van der Waals surface area contributed by atoms with Gasteiger partial charge in [-0.05, 0) is 25.2 Å². The maximum absolute atomic E-state index is 12.2. The predicted molar refractivity (Wildman–Crippen MR) is 48.7 cm³/mol. The lowest BCUT2D eigenvalue weighted by Crippen LogP contribution is -2.26. The summed E-state index contributed by atoms with van der Waals surface area (Å²) in [5, 5.41) is 0. The molecule has 0 aromatic carbocycles. The molecular weight excluding hydrogens is 263 g/mol. The second-order valence-electron chi connectivity index (χ2n) is 2.84. The first-order chi connectivity index (χ1) is 4.74. The Morgan fingerprint density at radius 1 is 1.30 bits per heavy atom. The van der Waals surface area contributed by atoms with E-state index >= 15 is 0 Å². The summed E-state index contributed by atoms with van der Waals surface area (Å²) in [6.07, 6.45) is 3.20. The van der Waals surface area contributed by atoms with Crippen LogP contribution in [0.5, 0.6) is 0 Å². The van der Waals surface area contributed by atoms with Crippen molar-refractivity contribution in [2.24, 2.45) is 5.92 Å². The smallest absolute Gasteiger partial charge is 0.0933 e. The molecule has 1 fully saturated rings. The lowest BCUT2D eigenvalue weighted by molar-refractivity contribution is 0.298. The summed E-state index contributed by atoms with van der Waals surface area (Å²) in [4.78, 5) is 0.982. The van der Waals surface area contributed by atoms with E-state index in [1.54, 1.807) is 0 Å². The standard InChI is InChI=1S/C7H11Br2F/c8-6-2-1-5(4-10)7(9)3-6/h5-7H,1-4H2. The monoisotopic (exact) mass is 272 g/mol. The van der Waals surface area contributed by atoms with Crippen LogP contribution in [0.25, 0.3) is 0 Å². The molecule has 3 unspecified atom stereocenters. The molecule has 0 spiro atoms. The summed E-state index contributed by atoms with van der Waals surface area (Å²) in [5.41, 5.74) is 0. The van der Waals surface area contributed by atoms with Gasteiger partial charge in [-0.1, -0.05) is 31.9 Å². The highest BCUT2D eigenvalue weighted by molar-refractivity contribution is 9.10. The van der Waals surface area contributed by atoms with Crippen LogP contribution in [-0.2, 0) is 0 Å². The van der Waals surface area contributed by atoms with Gasteiger partial charge in [0.1, 0.15) is 0 Å². The van der Waals surface area contributed by atoms with Gasteiger partial charge in [0.2, 0.25) is 0 Å². The fourth-order valence-electron chi connectivity index (χ4n) is 1.30. The molecule has 0 aromatic rings. The molecule has 60 valence electrons. The molecule has 3 atom stereocenters. The Balaban J connectivity index is 2.36. The lowest BCUT2D eigenvalue weighted by Gasteiger charge is -2.28. The topological polar surface area (TPSA) is 0 Å². The highest BCUT2D eigenvalue weighted by Crippen LogP contribution is 2.33. The van der Waals surface area contributed by atoms with Crippen LogP contribution in [0.2, 0.25) is 0 Å². The fraction of sp³-hybridized carbons (Fsp3) is 1.00. The van der Waals surface area contributed by atoms with Gasteiger partial charge >= 0.3 is 0 Å². The van der Waals surface area contributed by atoms with Crippen LogP contribution in [0, 0.1) is 5.92 Å². The molecule has 0 amide bonds. The first-order valence-corrected chi connectivity index (χ1v) is 5.41. The van der Waals surface area contributed by atoms with Gasteiger partial charge in [0, 0.05) is 9.65 Å². The van der Waals surface area contributed by atoms with E-state index in [4.69, 9.17) is 0 Å². The largest absolute Gasteiger partial charge is 0.251 e. The van der Waals surface area contributed by atoms with Crippen molar-refractivity contribution in [3.8, 4) is 0 Å². The second kappa shape index (κ2) is 4.05. The Kier molecular flexibility index (Phi) is 3.64. The molecule has 0 aliphatic heterocycles. The molecule has 0 bridgehead atoms. The van der Waals surface area contributed by atoms with Gasteiger partial charge in [0.15, 0.2) is 0 Å². The van der Waals surface area contributed by atoms with Gasteiger partial charge in [-0.15, -0.1) is 0 Å². The molecule has 3 heteroatoms. The maximum atomic E-state index is 12.2. The van der Waals surface area contributed by atoms with Crippen molar-refractivity contribution in [2.75, 3.05) is 6.67 Å². The van der Waals surface area contributed by atoms with Crippen molar-refractivity contribution < 1.29 is 4.39 Å². The Morgan fingerprint density at radius 2 is 2.00 bits per heavy atom. The average molecular weight is 274 g/mol. The minimum absolute atomic E-state index is 0.171. The Bertz CT molecular complexity index is 108. The number of halogens is 3. The van der Waals surface area contributed by atoms with Crippen molar-refractivity contribution in [1.29, 1.82) is 0 Å². The quantitative estimate of drug-likeness (QED) is 0.644. The highest BCUT2D eigenvalue weighted by Gasteiger charge is 2.26. The summed E-state index contributed by atoms with van der Waals surface area (Å²) in [5.74, 6) is 0.258. The molecule has 1 aliphatic carbocycles. The third-order valence-corrected chi connectivity index (χ3v) is 3.99. The average Bonchev–Trinajstić information content (AvgIpc) is 1.88. The fourth-order valence-corrected chi connectivity index (χ4v) is 3.33. The molecule has 1 aliphatic rings. The molecule has 0 saturated heterocycles. The van der Waals surface area contributed by atoms with Gasteiger partial charge in [-0.3, -0.25) is 4.39 Å². The van der Waals surface area contributed by atoms with Crippen molar-refractivity contribution in [2.45, 2.75) is 28.9 Å². The zero-order valence-electron chi connectivity index (χ0n) is 5.69. The van der Waals surface area contributed by atoms with Gasteiger partial charge in [-0.2, -0.15) is 0 Å². The summed E-state index contributed by atoms with van der Waals surface area (Å²) < 4.78 is 12.2. The Hall–Kier alpha value is 0.890. The summed E-state index contributed by atoms with van der Waals surface area (Å²) >= 11 is 7.02. The van der Waals surface area contributed by atoms with Crippen molar-refractivity contribution in [3.05, 3.63) is 0 Å². The van der Waals surface area contributed by atoms with Crippen molar-refractivity contribution in [3.63, 3.8) is 0 Å². The third-order valence-electron chi connectivity index (χ3n) is 2.04. The lowest BCUT2D eigenvalue weighted by atomic mass is 9.90. The molecule has 1 rings (SSSR count). The summed E-state index contributed by atoms with van der Waals surface area (Å²) in [6.45, 7) is -0.171. The van der Waals surface area contributed by atoms with Crippen LogP contribution in [-0.4, -0.2) is 16.3 Å². The van der Waals surface area contributed by atoms with E-state index in [9.17, 15) is 4.39 Å². The van der Waals surface area contributed by atoms with E-state index in [1.807, 2.05) is 0 Å². The number of hydrogen-bond acceptors (Lipinski definition) is 0. The van der Waals surface area contributed by atoms with E-state index in [-0.39, 0.29) is 12.6 Å². The first kappa shape index (κ1) is 8.98. The summed E-state index contributed by atoms with van der Waals surface area (Å²) in [7, 11) is 0. The molecule has 1 saturated carbocycles. The zero-order valence-corrected chi connectivity index (χ0v) is 8.87. The van der Waals surface area contributed by atoms with Gasteiger partial charge in [0.05, 0.1) is 6.67 Å². The van der Waals surface area contributed by atoms with Crippen LogP contribution in [0.3, 0.4) is 0 Å². The van der Waals surface area contributed by atoms with Crippen LogP contribution < -0.4 is 0 Å². The van der Waals surface area contributed by atoms with E-state index < -0.39 is 0 Å². The molecule has 0 radical (unpaired) electrons. The number of alkyl halides is 3. The predicted octanol–water partition coefficient (Wildman–Crippen LogP) is 3.28. The minimum Gasteiger partial charge on any atom is -0.251 e. The molecule has 0 N–H and O–H groups in total. The molecular formula is C7H11Br2F. The van der Waals surface area contributed by atoms with Crippen molar-refractivity contribution >= 4 is 31.9 Å². The molecule has 10 heavy (non-hydrogen) atoms. The van der Waals surface area contributed by atoms with Crippen LogP contribution in [0.4, 0.5) is 4.39 Å². The highest BCUT2D eigenvalue weighted by atomic mass is 79.9. The first-order valence-electron chi connectivity index (χ1n) is 3.58. The summed E-state index contributed by atoms with van der Waals surface area (Å²) in [6, 6.07) is 0. The number of hydrogen-bond donors (Lipinski definition) is 0. The Labute approximate surface area is 77.8 Å². The molecule has 0 aromatic heterocycles. The normalized spacial score (nSPS) is 41.7. The zero-order chi connectivity index (χ0) is 7.56. The molecule has 0 nitrogen and oxygen atoms in total. The van der Waals surface area contributed by atoms with Gasteiger partial charge < -0.3 is 0 Å². The third kappa shape index (κ3) is 2.19. The van der Waals surface area contributed by atoms with Crippen LogP contribution in [0.1, 0.15) is 19.3 Å². The van der Waals surface area contributed by atoms with Gasteiger partial charge in [0.25, 0.3) is 0 Å². The van der Waals surface area contributed by atoms with E-state index in [2.05, 4.69) is 31.9 Å². The number of rotatable bonds is 1. The van der Waals surface area contributed by atoms with Crippen LogP contribution in [0.15, 0.2) is 0 Å². The second-order valence-corrected chi connectivity index (χ2v) is 5.31. The van der Waals surface area contributed by atoms with E-state index in [1.165, 1.54) is 0 Å². The maximum Gasteiger partial charge on any atom is 0.0933 e. The Morgan fingerprint density at radius 3 is 2.50 bits per heavy atom. The molecule has 0 heterocycles. The van der Waals surface area contributed by atoms with Crippen molar-refractivity contribution in [1.82, 2.24) is 0 Å². The van der Waals surface area contributed by atoms with E-state index in [0.29, 0.717) is 9.65 Å². The van der Waals surface area contributed by atoms with E-state index in [0.717, 1.165) is 19.3 Å². The SMILES string of the molecule is FCC1CCC(Br)CC1Br. The van der Waals surface area contributed by atoms with Crippen LogP contribution >= 0.6 is 31.9 Å². The minimum atomic E-state index is -0.171. The van der Waals surface area contributed by atoms with Gasteiger partial charge in [-0.25, -0.2) is 0 Å².